The van der Waals surface area contributed by atoms with Gasteiger partial charge in [-0.25, -0.2) is 0 Å². The molecule has 2 aliphatic heterocycles. The average Bonchev–Trinajstić information content (AvgIpc) is 3.14. The van der Waals surface area contributed by atoms with Crippen LogP contribution in [0.25, 0.3) is 0 Å². The quantitative estimate of drug-likeness (QED) is 0.0298. The highest BCUT2D eigenvalue weighted by Crippen LogP contribution is 2.39. The topological polar surface area (TPSA) is 130 Å². The van der Waals surface area contributed by atoms with Gasteiger partial charge in [-0.3, -0.25) is 4.79 Å². The second-order valence-electron chi connectivity index (χ2n) is 24.6. The van der Waals surface area contributed by atoms with Crippen molar-refractivity contribution in [3.05, 3.63) is 12.2 Å². The van der Waals surface area contributed by atoms with E-state index in [0.717, 1.165) is 32.1 Å². The predicted molar refractivity (Wildman–Crippen MR) is 285 cm³/mol. The Hall–Kier alpha value is 0.111. The van der Waals surface area contributed by atoms with Gasteiger partial charge in [0.25, 0.3) is 0 Å². The van der Waals surface area contributed by atoms with Crippen LogP contribution in [-0.4, -0.2) is 136 Å². The highest BCUT2D eigenvalue weighted by molar-refractivity contribution is 6.71. The van der Waals surface area contributed by atoms with E-state index in [2.05, 4.69) is 137 Å². The van der Waals surface area contributed by atoms with Gasteiger partial charge >= 0.3 is 5.97 Å². The van der Waals surface area contributed by atoms with Gasteiger partial charge in [-0.2, -0.15) is 0 Å². The van der Waals surface area contributed by atoms with Crippen LogP contribution >= 0.6 is 0 Å². The molecular formula is C48H102O12Si6. The Bertz CT molecular complexity index is 1380. The zero-order valence-electron chi connectivity index (χ0n) is 45.7. The Morgan fingerprint density at radius 2 is 0.788 bits per heavy atom. The van der Waals surface area contributed by atoms with Crippen LogP contribution in [0.5, 0.6) is 0 Å². The summed E-state index contributed by atoms with van der Waals surface area (Å²) >= 11 is 0. The van der Waals surface area contributed by atoms with Gasteiger partial charge in [0.15, 0.2) is 62.5 Å². The minimum Gasteiger partial charge on any atom is -0.463 e. The van der Waals surface area contributed by atoms with E-state index in [9.17, 15) is 9.90 Å². The van der Waals surface area contributed by atoms with E-state index in [1.807, 2.05) is 0 Å². The number of allylic oxidation sites excluding steroid dienone is 2. The second kappa shape index (κ2) is 28.4. The molecule has 0 aromatic heterocycles. The summed E-state index contributed by atoms with van der Waals surface area (Å²) in [5, 5.41) is 10.9. The average molecular weight is 1040 g/mol. The first-order chi connectivity index (χ1) is 30.3. The third-order valence-electron chi connectivity index (χ3n) is 10.6. The van der Waals surface area contributed by atoms with E-state index in [4.69, 9.17) is 45.5 Å². The lowest BCUT2D eigenvalue weighted by Gasteiger charge is -2.53. The van der Waals surface area contributed by atoms with Gasteiger partial charge in [0.1, 0.15) is 55.4 Å². The first-order valence-corrected chi connectivity index (χ1v) is 46.2. The lowest BCUT2D eigenvalue weighted by Crippen LogP contribution is -2.69. The standard InChI is InChI=1S/C48H102O12Si6/c1-20-21-22-23-24-25-26-27-28-29-30-31-32-33-34-35-40(50)51-37-39-42(56-62(5,6)7)44(58-64(11,12)13)46(60-66(17,18)19)48(53-39)54-47-45(59-65(14,15)16)43(57-63(8,9)10)41(38(36-49)52-47)55-61(2,3)4/h27-28,38-39,41-49H,20-26,29-37H2,1-19H3/b28-27-/t38-,39-,41-,42-,43+,44+,45-,46-,47-,48-/m1/s1. The molecule has 18 heteroatoms. The number of esters is 1. The highest BCUT2D eigenvalue weighted by atomic mass is 28.4. The molecule has 0 aromatic rings. The van der Waals surface area contributed by atoms with Crippen molar-refractivity contribution in [2.45, 2.75) is 276 Å². The van der Waals surface area contributed by atoms with Crippen molar-refractivity contribution in [3.8, 4) is 0 Å². The number of unbranched alkanes of at least 4 members (excludes halogenated alkanes) is 11. The fourth-order valence-corrected chi connectivity index (χ4v) is 14.7. The molecule has 0 aliphatic carbocycles. The first-order valence-electron chi connectivity index (χ1n) is 25.8. The van der Waals surface area contributed by atoms with E-state index in [-0.39, 0.29) is 19.2 Å². The van der Waals surface area contributed by atoms with Crippen molar-refractivity contribution in [1.82, 2.24) is 0 Å². The molecule has 1 N–H and O–H groups in total. The first kappa shape index (κ1) is 62.2. The summed E-state index contributed by atoms with van der Waals surface area (Å²) in [4.78, 5) is 13.4. The number of aliphatic hydroxyl groups is 1. The molecule has 66 heavy (non-hydrogen) atoms. The molecule has 10 atom stereocenters. The van der Waals surface area contributed by atoms with Crippen molar-refractivity contribution < 1.29 is 55.4 Å². The summed E-state index contributed by atoms with van der Waals surface area (Å²) in [6, 6.07) is 0. The third-order valence-corrected chi connectivity index (χ3v) is 16.5. The summed E-state index contributed by atoms with van der Waals surface area (Å²) in [7, 11) is -13.5. The molecule has 12 nitrogen and oxygen atoms in total. The molecule has 2 fully saturated rings. The van der Waals surface area contributed by atoms with E-state index >= 15 is 0 Å². The number of hydrogen-bond donors (Lipinski definition) is 1. The Labute approximate surface area is 410 Å². The van der Waals surface area contributed by atoms with Crippen LogP contribution in [0.1, 0.15) is 96.8 Å². The Morgan fingerprint density at radius 3 is 1.18 bits per heavy atom. The van der Waals surface area contributed by atoms with Gasteiger partial charge in [0.2, 0.25) is 0 Å². The van der Waals surface area contributed by atoms with Gasteiger partial charge in [-0.05, 0) is 150 Å². The van der Waals surface area contributed by atoms with Gasteiger partial charge < -0.3 is 50.6 Å². The minimum absolute atomic E-state index is 0.0305. The number of carbonyl (C=O) groups excluding carboxylic acids is 1. The molecule has 390 valence electrons. The van der Waals surface area contributed by atoms with Crippen LogP contribution in [0, 0.1) is 0 Å². The van der Waals surface area contributed by atoms with Crippen molar-refractivity contribution in [1.29, 1.82) is 0 Å². The SMILES string of the molecule is CCCCCCCC/C=C\CCCCCCCC(=O)OC[C@H]1O[C@H](O[C@H]2O[C@H](CO)[C@@H](O[Si](C)(C)C)[C@H](O[Si](C)(C)C)[C@H]2O[Si](C)(C)C)[C@H](O[Si](C)(C)C)[C@@H](O[Si](C)(C)C)[C@@H]1O[Si](C)(C)C. The number of rotatable bonds is 32. The van der Waals surface area contributed by atoms with Gasteiger partial charge in [-0.1, -0.05) is 70.4 Å². The van der Waals surface area contributed by atoms with Crippen LogP contribution in [0.4, 0.5) is 0 Å². The molecule has 0 radical (unpaired) electrons. The molecule has 2 saturated heterocycles. The van der Waals surface area contributed by atoms with Crippen LogP contribution in [-0.2, 0) is 50.3 Å². The van der Waals surface area contributed by atoms with E-state index < -0.39 is 111 Å². The second-order valence-corrected chi connectivity index (χ2v) is 51.4. The van der Waals surface area contributed by atoms with Crippen molar-refractivity contribution in [2.75, 3.05) is 13.2 Å². The maximum absolute atomic E-state index is 13.4. The zero-order valence-corrected chi connectivity index (χ0v) is 51.7. The fourth-order valence-electron chi connectivity index (χ4n) is 8.23. The Morgan fingerprint density at radius 1 is 0.455 bits per heavy atom. The normalized spacial score (nSPS) is 27.5. The van der Waals surface area contributed by atoms with Crippen molar-refractivity contribution in [3.63, 3.8) is 0 Å². The fraction of sp³-hybridized carbons (Fsp3) is 0.938. The number of ether oxygens (including phenoxy) is 4. The molecule has 0 bridgehead atoms. The molecule has 2 rings (SSSR count). The van der Waals surface area contributed by atoms with Crippen molar-refractivity contribution in [2.24, 2.45) is 0 Å². The van der Waals surface area contributed by atoms with Crippen molar-refractivity contribution >= 4 is 55.9 Å². The predicted octanol–water partition coefficient (Wildman–Crippen LogP) is 12.3. The summed E-state index contributed by atoms with van der Waals surface area (Å²) in [6.07, 6.45) is 13.2. The molecule has 0 spiro atoms. The zero-order chi connectivity index (χ0) is 50.1. The lowest BCUT2D eigenvalue weighted by molar-refractivity contribution is -0.368. The minimum atomic E-state index is -2.31. The van der Waals surface area contributed by atoms with Crippen LogP contribution < -0.4 is 0 Å². The third kappa shape index (κ3) is 26.5. The number of hydrogen-bond acceptors (Lipinski definition) is 12. The number of aliphatic hydroxyl groups excluding tert-OH is 1. The molecule has 2 aliphatic rings. The van der Waals surface area contributed by atoms with Crippen LogP contribution in [0.15, 0.2) is 12.2 Å². The molecule has 0 amide bonds. The smallest absolute Gasteiger partial charge is 0.305 e. The maximum atomic E-state index is 13.4. The summed E-state index contributed by atoms with van der Waals surface area (Å²) in [5.74, 6) is -0.256. The Balaban J connectivity index is 2.39. The van der Waals surface area contributed by atoms with Gasteiger partial charge in [0, 0.05) is 6.42 Å². The Kier molecular flexibility index (Phi) is 26.8. The van der Waals surface area contributed by atoms with Gasteiger partial charge in [0.05, 0.1) is 6.61 Å². The molecule has 2 heterocycles. The van der Waals surface area contributed by atoms with Crippen LogP contribution in [0.3, 0.4) is 0 Å². The lowest BCUT2D eigenvalue weighted by atomic mass is 9.98. The van der Waals surface area contributed by atoms with Crippen LogP contribution in [0.2, 0.25) is 118 Å². The van der Waals surface area contributed by atoms with E-state index in [1.165, 1.54) is 51.4 Å². The molecule has 0 aromatic carbocycles. The largest absolute Gasteiger partial charge is 0.463 e. The molecule has 0 saturated carbocycles. The van der Waals surface area contributed by atoms with E-state index in [1.54, 1.807) is 0 Å². The molecule has 0 unspecified atom stereocenters. The van der Waals surface area contributed by atoms with E-state index in [0.29, 0.717) is 6.42 Å². The summed E-state index contributed by atoms with van der Waals surface area (Å²) < 4.78 is 68.9. The summed E-state index contributed by atoms with van der Waals surface area (Å²) in [5.41, 5.74) is 0. The number of carbonyl (C=O) groups is 1. The molecular weight excluding hydrogens is 937 g/mol. The summed E-state index contributed by atoms with van der Waals surface area (Å²) in [6.45, 7) is 40.5. The maximum Gasteiger partial charge on any atom is 0.305 e. The van der Waals surface area contributed by atoms with Gasteiger partial charge in [-0.15, -0.1) is 0 Å². The highest BCUT2D eigenvalue weighted by Gasteiger charge is 2.57. The monoisotopic (exact) mass is 1040 g/mol.